The minimum absolute atomic E-state index is 0.296. The number of hydrogen-bond acceptors (Lipinski definition) is 5. The molecular weight excluding hydrogens is 228 g/mol. The van der Waals surface area contributed by atoms with E-state index in [4.69, 9.17) is 0 Å². The summed E-state index contributed by atoms with van der Waals surface area (Å²) in [5.74, 6) is 2.09. The van der Waals surface area contributed by atoms with Gasteiger partial charge in [0.15, 0.2) is 5.78 Å². The van der Waals surface area contributed by atoms with Crippen LogP contribution in [0.5, 0.6) is 0 Å². The summed E-state index contributed by atoms with van der Waals surface area (Å²) in [7, 11) is 0. The van der Waals surface area contributed by atoms with Gasteiger partial charge in [-0.3, -0.25) is 4.79 Å². The molecule has 0 aliphatic carbocycles. The van der Waals surface area contributed by atoms with Crippen molar-refractivity contribution < 1.29 is 4.79 Å². The largest absolute Gasteiger partial charge is 0.357 e. The number of ketones is 1. The van der Waals surface area contributed by atoms with Gasteiger partial charge in [0.2, 0.25) is 0 Å². The number of nitrogens with zero attached hydrogens (tertiary/aromatic N) is 4. The fraction of sp³-hybridized carbons (Fsp3) is 0.615. The van der Waals surface area contributed by atoms with Crippen LogP contribution < -0.4 is 9.80 Å². The molecule has 1 aliphatic heterocycles. The van der Waals surface area contributed by atoms with Crippen molar-refractivity contribution in [3.8, 4) is 0 Å². The molecule has 5 nitrogen and oxygen atoms in total. The zero-order chi connectivity index (χ0) is 13.0. The maximum absolute atomic E-state index is 11.5. The summed E-state index contributed by atoms with van der Waals surface area (Å²) >= 11 is 0. The molecule has 1 aromatic heterocycles. The molecule has 0 atom stereocenters. The maximum Gasteiger partial charge on any atom is 0.152 e. The van der Waals surface area contributed by atoms with Gasteiger partial charge < -0.3 is 9.80 Å². The number of Topliss-reactive ketones (excluding diaryl/α,β-unsaturated/α-hetero) is 1. The molecule has 0 spiro atoms. The molecule has 2 heterocycles. The topological polar surface area (TPSA) is 49.3 Å². The number of carbonyl (C=O) groups is 1. The summed E-state index contributed by atoms with van der Waals surface area (Å²) in [6, 6.07) is 1.98. The van der Waals surface area contributed by atoms with Gasteiger partial charge in [-0.25, -0.2) is 9.97 Å². The van der Waals surface area contributed by atoms with Gasteiger partial charge in [-0.1, -0.05) is 0 Å². The van der Waals surface area contributed by atoms with E-state index >= 15 is 0 Å². The van der Waals surface area contributed by atoms with Crippen LogP contribution in [0.15, 0.2) is 12.4 Å². The fourth-order valence-electron chi connectivity index (χ4n) is 2.26. The number of piperidine rings is 1. The number of aromatic nitrogens is 2. The standard InChI is InChI=1S/C13H20N4O/c1-3-16(4-2)12-8-13(15-10-14-12)17-7-5-6-11(18)9-17/h8,10H,3-7,9H2,1-2H3. The van der Waals surface area contributed by atoms with E-state index in [0.717, 1.165) is 37.7 Å². The molecule has 0 aromatic carbocycles. The third-order valence-electron chi connectivity index (χ3n) is 3.30. The Balaban J connectivity index is 2.18. The highest BCUT2D eigenvalue weighted by molar-refractivity contribution is 5.84. The fourth-order valence-corrected chi connectivity index (χ4v) is 2.26. The monoisotopic (exact) mass is 248 g/mol. The smallest absolute Gasteiger partial charge is 0.152 e. The normalized spacial score (nSPS) is 15.9. The zero-order valence-electron chi connectivity index (χ0n) is 11.1. The SMILES string of the molecule is CCN(CC)c1cc(N2CCCC(=O)C2)ncn1. The summed E-state index contributed by atoms with van der Waals surface area (Å²) in [6.07, 6.45) is 3.20. The van der Waals surface area contributed by atoms with E-state index in [1.165, 1.54) is 0 Å². The first-order valence-electron chi connectivity index (χ1n) is 6.58. The molecule has 1 saturated heterocycles. The predicted molar refractivity (Wildman–Crippen MR) is 72.0 cm³/mol. The van der Waals surface area contributed by atoms with Gasteiger partial charge in [0, 0.05) is 32.1 Å². The van der Waals surface area contributed by atoms with E-state index in [2.05, 4.69) is 28.7 Å². The van der Waals surface area contributed by atoms with Gasteiger partial charge in [0.1, 0.15) is 18.0 Å². The summed E-state index contributed by atoms with van der Waals surface area (Å²) in [5.41, 5.74) is 0. The minimum atomic E-state index is 0.296. The lowest BCUT2D eigenvalue weighted by Gasteiger charge is -2.28. The summed E-state index contributed by atoms with van der Waals surface area (Å²) < 4.78 is 0. The molecule has 2 rings (SSSR count). The van der Waals surface area contributed by atoms with Crippen LogP contribution in [0.3, 0.4) is 0 Å². The maximum atomic E-state index is 11.5. The quantitative estimate of drug-likeness (QED) is 0.808. The van der Waals surface area contributed by atoms with Crippen LogP contribution in [-0.2, 0) is 4.79 Å². The Labute approximate surface area is 108 Å². The first-order chi connectivity index (χ1) is 8.74. The highest BCUT2D eigenvalue weighted by Gasteiger charge is 2.18. The van der Waals surface area contributed by atoms with Gasteiger partial charge in [0.25, 0.3) is 0 Å². The van der Waals surface area contributed by atoms with Crippen molar-refractivity contribution in [2.45, 2.75) is 26.7 Å². The summed E-state index contributed by atoms with van der Waals surface area (Å²) in [5, 5.41) is 0. The van der Waals surface area contributed by atoms with Crippen molar-refractivity contribution in [1.29, 1.82) is 0 Å². The molecule has 0 radical (unpaired) electrons. The van der Waals surface area contributed by atoms with E-state index in [-0.39, 0.29) is 0 Å². The summed E-state index contributed by atoms with van der Waals surface area (Å²) in [4.78, 5) is 24.3. The molecule has 1 fully saturated rings. The molecule has 1 aromatic rings. The Hall–Kier alpha value is -1.65. The van der Waals surface area contributed by atoms with Crippen LogP contribution in [0.1, 0.15) is 26.7 Å². The molecule has 5 heteroatoms. The van der Waals surface area contributed by atoms with E-state index in [1.807, 2.05) is 11.0 Å². The van der Waals surface area contributed by atoms with Crippen molar-refractivity contribution in [1.82, 2.24) is 9.97 Å². The first kappa shape index (κ1) is 12.8. The van der Waals surface area contributed by atoms with E-state index in [0.29, 0.717) is 18.7 Å². The average Bonchev–Trinajstić information content (AvgIpc) is 2.41. The second kappa shape index (κ2) is 5.80. The molecule has 0 N–H and O–H groups in total. The lowest BCUT2D eigenvalue weighted by atomic mass is 10.1. The van der Waals surface area contributed by atoms with Crippen LogP contribution in [0.4, 0.5) is 11.6 Å². The van der Waals surface area contributed by atoms with Crippen LogP contribution in [0, 0.1) is 0 Å². The van der Waals surface area contributed by atoms with Crippen molar-refractivity contribution in [3.63, 3.8) is 0 Å². The Morgan fingerprint density at radius 3 is 2.78 bits per heavy atom. The second-order valence-corrected chi connectivity index (χ2v) is 4.47. The van der Waals surface area contributed by atoms with Gasteiger partial charge >= 0.3 is 0 Å². The lowest BCUT2D eigenvalue weighted by Crippen LogP contribution is -2.36. The van der Waals surface area contributed by atoms with Crippen molar-refractivity contribution in [2.75, 3.05) is 36.0 Å². The van der Waals surface area contributed by atoms with E-state index < -0.39 is 0 Å². The van der Waals surface area contributed by atoms with Crippen LogP contribution in [0.2, 0.25) is 0 Å². The molecular formula is C13H20N4O. The number of hydrogen-bond donors (Lipinski definition) is 0. The summed E-state index contributed by atoms with van der Waals surface area (Å²) in [6.45, 7) is 7.44. The van der Waals surface area contributed by atoms with Gasteiger partial charge in [-0.05, 0) is 20.3 Å². The van der Waals surface area contributed by atoms with E-state index in [1.54, 1.807) is 6.33 Å². The van der Waals surface area contributed by atoms with Gasteiger partial charge in [-0.15, -0.1) is 0 Å². The highest BCUT2D eigenvalue weighted by Crippen LogP contribution is 2.19. The Morgan fingerprint density at radius 2 is 2.11 bits per heavy atom. The Bertz CT molecular complexity index is 417. The predicted octanol–water partition coefficient (Wildman–Crippen LogP) is 1.49. The lowest BCUT2D eigenvalue weighted by molar-refractivity contribution is -0.118. The van der Waals surface area contributed by atoms with Crippen molar-refractivity contribution in [3.05, 3.63) is 12.4 Å². The Morgan fingerprint density at radius 1 is 1.33 bits per heavy atom. The van der Waals surface area contributed by atoms with Crippen molar-refractivity contribution in [2.24, 2.45) is 0 Å². The minimum Gasteiger partial charge on any atom is -0.357 e. The number of anilines is 2. The molecule has 1 aliphatic rings. The van der Waals surface area contributed by atoms with E-state index in [9.17, 15) is 4.79 Å². The van der Waals surface area contributed by atoms with Gasteiger partial charge in [-0.2, -0.15) is 0 Å². The number of rotatable bonds is 4. The van der Waals surface area contributed by atoms with Gasteiger partial charge in [0.05, 0.1) is 6.54 Å². The van der Waals surface area contributed by atoms with Crippen LogP contribution in [0.25, 0.3) is 0 Å². The molecule has 0 saturated carbocycles. The highest BCUT2D eigenvalue weighted by atomic mass is 16.1. The second-order valence-electron chi connectivity index (χ2n) is 4.47. The first-order valence-corrected chi connectivity index (χ1v) is 6.58. The molecule has 18 heavy (non-hydrogen) atoms. The van der Waals surface area contributed by atoms with Crippen molar-refractivity contribution >= 4 is 17.4 Å². The third-order valence-corrected chi connectivity index (χ3v) is 3.30. The Kier molecular flexibility index (Phi) is 4.12. The average molecular weight is 248 g/mol. The van der Waals surface area contributed by atoms with Crippen LogP contribution >= 0.6 is 0 Å². The molecule has 0 amide bonds. The number of carbonyl (C=O) groups excluding carboxylic acids is 1. The molecule has 98 valence electrons. The molecule has 0 bridgehead atoms. The third kappa shape index (κ3) is 2.78. The zero-order valence-corrected chi connectivity index (χ0v) is 11.1. The van der Waals surface area contributed by atoms with Crippen LogP contribution in [-0.4, -0.2) is 41.9 Å². The molecule has 0 unspecified atom stereocenters.